The fraction of sp³-hybridized carbons (Fsp3) is 0.545. The van der Waals surface area contributed by atoms with Gasteiger partial charge in [0.05, 0.1) is 6.26 Å². The summed E-state index contributed by atoms with van der Waals surface area (Å²) in [5, 5.41) is 0. The summed E-state index contributed by atoms with van der Waals surface area (Å²) in [6, 6.07) is 3.95. The summed E-state index contributed by atoms with van der Waals surface area (Å²) in [7, 11) is 0. The SMILES string of the molecule is CCCN(C(=O)c1ccco1)C1CC1. The van der Waals surface area contributed by atoms with Crippen molar-refractivity contribution >= 4 is 5.91 Å². The third kappa shape index (κ3) is 1.81. The van der Waals surface area contributed by atoms with E-state index in [0.29, 0.717) is 11.8 Å². The van der Waals surface area contributed by atoms with Crippen LogP contribution in [0.3, 0.4) is 0 Å². The van der Waals surface area contributed by atoms with E-state index in [9.17, 15) is 4.79 Å². The molecule has 1 saturated carbocycles. The molecule has 76 valence electrons. The average Bonchev–Trinajstić information content (AvgIpc) is 2.88. The molecule has 0 unspecified atom stereocenters. The first kappa shape index (κ1) is 9.31. The van der Waals surface area contributed by atoms with Gasteiger partial charge in [0.15, 0.2) is 5.76 Å². The lowest BCUT2D eigenvalue weighted by Gasteiger charge is -2.20. The second kappa shape index (κ2) is 3.86. The molecule has 0 atom stereocenters. The van der Waals surface area contributed by atoms with Gasteiger partial charge in [-0.05, 0) is 31.4 Å². The Morgan fingerprint density at radius 2 is 2.43 bits per heavy atom. The number of furan rings is 1. The molecule has 0 aromatic carbocycles. The summed E-state index contributed by atoms with van der Waals surface area (Å²) in [5.41, 5.74) is 0. The van der Waals surface area contributed by atoms with Crippen molar-refractivity contribution in [1.82, 2.24) is 4.90 Å². The van der Waals surface area contributed by atoms with E-state index in [2.05, 4.69) is 6.92 Å². The minimum atomic E-state index is 0.0411. The second-order valence-corrected chi connectivity index (χ2v) is 3.71. The van der Waals surface area contributed by atoms with E-state index in [1.807, 2.05) is 4.90 Å². The van der Waals surface area contributed by atoms with Crippen LogP contribution in [0.2, 0.25) is 0 Å². The Morgan fingerprint density at radius 3 is 2.93 bits per heavy atom. The third-order valence-electron chi connectivity index (χ3n) is 2.44. The van der Waals surface area contributed by atoms with Gasteiger partial charge >= 0.3 is 0 Å². The van der Waals surface area contributed by atoms with Gasteiger partial charge in [0.1, 0.15) is 0 Å². The van der Waals surface area contributed by atoms with E-state index in [1.165, 1.54) is 0 Å². The number of hydrogen-bond donors (Lipinski definition) is 0. The highest BCUT2D eigenvalue weighted by Crippen LogP contribution is 2.28. The molecular weight excluding hydrogens is 178 g/mol. The fourth-order valence-electron chi connectivity index (χ4n) is 1.62. The van der Waals surface area contributed by atoms with E-state index in [1.54, 1.807) is 18.4 Å². The number of carbonyl (C=O) groups is 1. The quantitative estimate of drug-likeness (QED) is 0.735. The van der Waals surface area contributed by atoms with Crippen LogP contribution in [-0.4, -0.2) is 23.4 Å². The molecule has 3 nitrogen and oxygen atoms in total. The third-order valence-corrected chi connectivity index (χ3v) is 2.44. The van der Waals surface area contributed by atoms with E-state index in [-0.39, 0.29) is 5.91 Å². The summed E-state index contributed by atoms with van der Waals surface area (Å²) < 4.78 is 5.11. The molecule has 1 aliphatic carbocycles. The van der Waals surface area contributed by atoms with Crippen molar-refractivity contribution in [1.29, 1.82) is 0 Å². The summed E-state index contributed by atoms with van der Waals surface area (Å²) in [6.45, 7) is 2.93. The highest BCUT2D eigenvalue weighted by Gasteiger charge is 2.33. The molecule has 1 aromatic heterocycles. The molecule has 1 amide bonds. The van der Waals surface area contributed by atoms with Crippen molar-refractivity contribution in [3.05, 3.63) is 24.2 Å². The molecule has 3 heteroatoms. The first-order chi connectivity index (χ1) is 6.83. The lowest BCUT2D eigenvalue weighted by Crippen LogP contribution is -2.33. The van der Waals surface area contributed by atoms with Crippen molar-refractivity contribution in [2.24, 2.45) is 0 Å². The highest BCUT2D eigenvalue weighted by molar-refractivity contribution is 5.91. The van der Waals surface area contributed by atoms with Crippen LogP contribution < -0.4 is 0 Å². The molecule has 1 heterocycles. The topological polar surface area (TPSA) is 33.5 Å². The lowest BCUT2D eigenvalue weighted by atomic mass is 10.3. The molecule has 2 rings (SSSR count). The maximum Gasteiger partial charge on any atom is 0.289 e. The van der Waals surface area contributed by atoms with Crippen LogP contribution in [0.1, 0.15) is 36.7 Å². The Balaban J connectivity index is 2.07. The Hall–Kier alpha value is -1.25. The minimum absolute atomic E-state index is 0.0411. The average molecular weight is 193 g/mol. The van der Waals surface area contributed by atoms with Gasteiger partial charge in [-0.2, -0.15) is 0 Å². The van der Waals surface area contributed by atoms with Crippen molar-refractivity contribution < 1.29 is 9.21 Å². The van der Waals surface area contributed by atoms with Crippen LogP contribution in [0, 0.1) is 0 Å². The normalized spacial score (nSPS) is 15.5. The van der Waals surface area contributed by atoms with Gasteiger partial charge in [0.2, 0.25) is 0 Å². The second-order valence-electron chi connectivity index (χ2n) is 3.71. The first-order valence-electron chi connectivity index (χ1n) is 5.17. The summed E-state index contributed by atoms with van der Waals surface area (Å²) in [5.74, 6) is 0.504. The van der Waals surface area contributed by atoms with Gasteiger partial charge in [0, 0.05) is 12.6 Å². The molecule has 1 aliphatic rings. The molecular formula is C11H15NO2. The number of nitrogens with zero attached hydrogens (tertiary/aromatic N) is 1. The highest BCUT2D eigenvalue weighted by atomic mass is 16.3. The zero-order valence-corrected chi connectivity index (χ0v) is 8.40. The molecule has 14 heavy (non-hydrogen) atoms. The maximum atomic E-state index is 11.9. The van der Waals surface area contributed by atoms with Crippen molar-refractivity contribution in [2.75, 3.05) is 6.54 Å². The molecule has 0 N–H and O–H groups in total. The summed E-state index contributed by atoms with van der Waals surface area (Å²) in [4.78, 5) is 13.8. The zero-order valence-electron chi connectivity index (χ0n) is 8.40. The predicted octanol–water partition coefficient (Wildman–Crippen LogP) is 2.29. The van der Waals surface area contributed by atoms with Crippen LogP contribution in [0.25, 0.3) is 0 Å². The van der Waals surface area contributed by atoms with Crippen molar-refractivity contribution in [3.8, 4) is 0 Å². The van der Waals surface area contributed by atoms with E-state index in [0.717, 1.165) is 25.8 Å². The predicted molar refractivity (Wildman–Crippen MR) is 53.1 cm³/mol. The molecule has 1 fully saturated rings. The van der Waals surface area contributed by atoms with Crippen LogP contribution in [-0.2, 0) is 0 Å². The molecule has 1 aromatic rings. The first-order valence-corrected chi connectivity index (χ1v) is 5.17. The van der Waals surface area contributed by atoms with Gasteiger partial charge in [-0.3, -0.25) is 4.79 Å². The van der Waals surface area contributed by atoms with Gasteiger partial charge in [-0.25, -0.2) is 0 Å². The summed E-state index contributed by atoms with van der Waals surface area (Å²) >= 11 is 0. The number of amides is 1. The number of rotatable bonds is 4. The van der Waals surface area contributed by atoms with Crippen LogP contribution in [0.15, 0.2) is 22.8 Å². The smallest absolute Gasteiger partial charge is 0.289 e. The van der Waals surface area contributed by atoms with Crippen LogP contribution in [0.4, 0.5) is 0 Å². The van der Waals surface area contributed by atoms with Crippen molar-refractivity contribution in [2.45, 2.75) is 32.2 Å². The van der Waals surface area contributed by atoms with E-state index in [4.69, 9.17) is 4.42 Å². The standard InChI is InChI=1S/C11H15NO2/c1-2-7-12(9-5-6-9)11(13)10-4-3-8-14-10/h3-4,8-9H,2,5-7H2,1H3. The summed E-state index contributed by atoms with van der Waals surface area (Å²) in [6.07, 6.45) is 4.84. The van der Waals surface area contributed by atoms with Gasteiger partial charge in [-0.1, -0.05) is 6.92 Å². The monoisotopic (exact) mass is 193 g/mol. The number of hydrogen-bond acceptors (Lipinski definition) is 2. The van der Waals surface area contributed by atoms with Crippen molar-refractivity contribution in [3.63, 3.8) is 0 Å². The van der Waals surface area contributed by atoms with Crippen LogP contribution >= 0.6 is 0 Å². The van der Waals surface area contributed by atoms with Gasteiger partial charge in [-0.15, -0.1) is 0 Å². The number of carbonyl (C=O) groups excluding carboxylic acids is 1. The Kier molecular flexibility index (Phi) is 2.57. The molecule has 0 aliphatic heterocycles. The van der Waals surface area contributed by atoms with E-state index >= 15 is 0 Å². The maximum absolute atomic E-state index is 11.9. The lowest BCUT2D eigenvalue weighted by molar-refractivity contribution is 0.0711. The Morgan fingerprint density at radius 1 is 1.64 bits per heavy atom. The molecule has 0 radical (unpaired) electrons. The van der Waals surface area contributed by atoms with E-state index < -0.39 is 0 Å². The molecule has 0 saturated heterocycles. The largest absolute Gasteiger partial charge is 0.459 e. The zero-order chi connectivity index (χ0) is 9.97. The fourth-order valence-corrected chi connectivity index (χ4v) is 1.62. The Bertz CT molecular complexity index is 301. The van der Waals surface area contributed by atoms with Gasteiger partial charge < -0.3 is 9.32 Å². The van der Waals surface area contributed by atoms with Gasteiger partial charge in [0.25, 0.3) is 5.91 Å². The minimum Gasteiger partial charge on any atom is -0.459 e. The van der Waals surface area contributed by atoms with Crippen LogP contribution in [0.5, 0.6) is 0 Å². The molecule has 0 spiro atoms. The Labute approximate surface area is 83.7 Å². The molecule has 0 bridgehead atoms.